The predicted octanol–water partition coefficient (Wildman–Crippen LogP) is 4.31. The molecule has 0 saturated carbocycles. The number of rotatable bonds is 3. The highest BCUT2D eigenvalue weighted by atomic mass is 79.9. The lowest BCUT2D eigenvalue weighted by molar-refractivity contribution is 0.595. The first-order valence-corrected chi connectivity index (χ1v) is 8.71. The molecule has 0 radical (unpaired) electrons. The quantitative estimate of drug-likeness (QED) is 0.789. The smallest absolute Gasteiger partial charge is 0.184 e. The minimum Gasteiger partial charge on any atom is -0.398 e. The molecule has 3 nitrogen and oxygen atoms in total. The highest BCUT2D eigenvalue weighted by Gasteiger charge is 2.20. The van der Waals surface area contributed by atoms with Gasteiger partial charge in [-0.25, -0.2) is 8.42 Å². The fraction of sp³-hybridized carbons (Fsp3) is 0.0769. The molecular weight excluding hydrogens is 385 g/mol. The van der Waals surface area contributed by atoms with Crippen molar-refractivity contribution in [1.82, 2.24) is 0 Å². The number of hydrogen-bond donors (Lipinski definition) is 1. The Labute approximate surface area is 135 Å². The van der Waals surface area contributed by atoms with E-state index in [0.29, 0.717) is 20.1 Å². The highest BCUT2D eigenvalue weighted by molar-refractivity contribution is 9.10. The summed E-state index contributed by atoms with van der Waals surface area (Å²) in [4.78, 5) is 0.0721. The topological polar surface area (TPSA) is 60.2 Å². The Morgan fingerprint density at radius 1 is 1.10 bits per heavy atom. The van der Waals surface area contributed by atoms with Crippen molar-refractivity contribution >= 4 is 54.7 Å². The van der Waals surface area contributed by atoms with Crippen LogP contribution in [0.25, 0.3) is 0 Å². The molecule has 0 unspecified atom stereocenters. The summed E-state index contributed by atoms with van der Waals surface area (Å²) in [6.07, 6.45) is 0. The molecule has 0 atom stereocenters. The highest BCUT2D eigenvalue weighted by Crippen LogP contribution is 2.29. The van der Waals surface area contributed by atoms with E-state index in [2.05, 4.69) is 15.9 Å². The molecule has 2 aromatic carbocycles. The third-order valence-electron chi connectivity index (χ3n) is 2.66. The fourth-order valence-corrected chi connectivity index (χ4v) is 4.22. The average molecular weight is 395 g/mol. The second-order valence-corrected chi connectivity index (χ2v) is 7.89. The van der Waals surface area contributed by atoms with Gasteiger partial charge in [0.1, 0.15) is 0 Å². The summed E-state index contributed by atoms with van der Waals surface area (Å²) < 4.78 is 25.5. The minimum atomic E-state index is -3.60. The van der Waals surface area contributed by atoms with Gasteiger partial charge in [-0.3, -0.25) is 0 Å². The van der Waals surface area contributed by atoms with E-state index in [0.717, 1.165) is 0 Å². The molecule has 0 aliphatic rings. The van der Waals surface area contributed by atoms with Gasteiger partial charge in [-0.2, -0.15) is 0 Å². The summed E-state index contributed by atoms with van der Waals surface area (Å²) in [6.45, 7) is 0. The van der Waals surface area contributed by atoms with Crippen LogP contribution in [0, 0.1) is 0 Å². The van der Waals surface area contributed by atoms with Crippen LogP contribution in [0.15, 0.2) is 45.8 Å². The summed E-state index contributed by atoms with van der Waals surface area (Å²) in [7, 11) is -3.60. The molecule has 0 bridgehead atoms. The van der Waals surface area contributed by atoms with Crippen molar-refractivity contribution in [1.29, 1.82) is 0 Å². The first-order valence-electron chi connectivity index (χ1n) is 5.51. The van der Waals surface area contributed by atoms with Crippen LogP contribution in [0.2, 0.25) is 10.0 Å². The standard InChI is InChI=1S/C13H10BrCl2NO2S/c14-9-1-4-12(17)13(6-9)20(18,19)7-8-5-10(15)2-3-11(8)16/h1-6H,7,17H2. The van der Waals surface area contributed by atoms with Gasteiger partial charge in [0.2, 0.25) is 0 Å². The number of halogens is 3. The van der Waals surface area contributed by atoms with Crippen molar-refractivity contribution in [3.63, 3.8) is 0 Å². The monoisotopic (exact) mass is 393 g/mol. The molecule has 0 heterocycles. The Morgan fingerprint density at radius 2 is 1.80 bits per heavy atom. The molecule has 0 fully saturated rings. The molecule has 2 aromatic rings. The van der Waals surface area contributed by atoms with Gasteiger partial charge < -0.3 is 5.73 Å². The van der Waals surface area contributed by atoms with Crippen LogP contribution in [-0.4, -0.2) is 8.42 Å². The van der Waals surface area contributed by atoms with E-state index in [4.69, 9.17) is 28.9 Å². The van der Waals surface area contributed by atoms with Gasteiger partial charge in [0, 0.05) is 14.5 Å². The average Bonchev–Trinajstić information content (AvgIpc) is 2.36. The number of hydrogen-bond acceptors (Lipinski definition) is 3. The zero-order valence-corrected chi connectivity index (χ0v) is 14.0. The summed E-state index contributed by atoms with van der Waals surface area (Å²) in [5, 5.41) is 0.786. The molecule has 0 aliphatic carbocycles. The second kappa shape index (κ2) is 5.93. The van der Waals surface area contributed by atoms with E-state index < -0.39 is 9.84 Å². The van der Waals surface area contributed by atoms with Crippen LogP contribution in [0.5, 0.6) is 0 Å². The van der Waals surface area contributed by atoms with Crippen molar-refractivity contribution < 1.29 is 8.42 Å². The van der Waals surface area contributed by atoms with Gasteiger partial charge >= 0.3 is 0 Å². The van der Waals surface area contributed by atoms with Gasteiger partial charge in [-0.1, -0.05) is 39.1 Å². The first-order chi connectivity index (χ1) is 9.29. The minimum absolute atomic E-state index is 0.0721. The van der Waals surface area contributed by atoms with Crippen molar-refractivity contribution in [2.24, 2.45) is 0 Å². The van der Waals surface area contributed by atoms with Gasteiger partial charge in [-0.05, 0) is 42.0 Å². The molecule has 2 N–H and O–H groups in total. The normalized spacial score (nSPS) is 11.6. The fourth-order valence-electron chi connectivity index (χ4n) is 1.71. The number of nitrogens with two attached hydrogens (primary N) is 1. The third-order valence-corrected chi connectivity index (χ3v) is 5.48. The van der Waals surface area contributed by atoms with E-state index in [1.807, 2.05) is 0 Å². The van der Waals surface area contributed by atoms with Crippen molar-refractivity contribution in [2.45, 2.75) is 10.6 Å². The predicted molar refractivity (Wildman–Crippen MR) is 85.9 cm³/mol. The molecule has 0 aromatic heterocycles. The number of nitrogen functional groups attached to an aromatic ring is 1. The number of anilines is 1. The van der Waals surface area contributed by atoms with E-state index in [9.17, 15) is 8.42 Å². The van der Waals surface area contributed by atoms with Gasteiger partial charge in [0.15, 0.2) is 9.84 Å². The Bertz CT molecular complexity index is 763. The van der Waals surface area contributed by atoms with Crippen LogP contribution in [0.1, 0.15) is 5.56 Å². The van der Waals surface area contributed by atoms with E-state index in [1.54, 1.807) is 18.2 Å². The van der Waals surface area contributed by atoms with Gasteiger partial charge in [0.05, 0.1) is 16.3 Å². The third kappa shape index (κ3) is 3.47. The molecule has 0 aliphatic heterocycles. The van der Waals surface area contributed by atoms with Gasteiger partial charge in [-0.15, -0.1) is 0 Å². The Kier molecular flexibility index (Phi) is 4.64. The maximum atomic E-state index is 12.4. The summed E-state index contributed by atoms with van der Waals surface area (Å²) in [5.74, 6) is -0.257. The van der Waals surface area contributed by atoms with Crippen molar-refractivity contribution in [2.75, 3.05) is 5.73 Å². The SMILES string of the molecule is Nc1ccc(Br)cc1S(=O)(=O)Cc1cc(Cl)ccc1Cl. The number of benzene rings is 2. The van der Waals surface area contributed by atoms with Crippen LogP contribution >= 0.6 is 39.1 Å². The van der Waals surface area contributed by atoms with Crippen LogP contribution in [0.3, 0.4) is 0 Å². The van der Waals surface area contributed by atoms with Gasteiger partial charge in [0.25, 0.3) is 0 Å². The van der Waals surface area contributed by atoms with Crippen LogP contribution in [-0.2, 0) is 15.6 Å². The van der Waals surface area contributed by atoms with Crippen LogP contribution < -0.4 is 5.73 Å². The van der Waals surface area contributed by atoms with E-state index in [-0.39, 0.29) is 16.3 Å². The van der Waals surface area contributed by atoms with E-state index in [1.165, 1.54) is 18.2 Å². The van der Waals surface area contributed by atoms with Crippen molar-refractivity contribution in [3.8, 4) is 0 Å². The molecular formula is C13H10BrCl2NO2S. The zero-order chi connectivity index (χ0) is 14.9. The maximum absolute atomic E-state index is 12.4. The Balaban J connectivity index is 2.46. The summed E-state index contributed by atoms with van der Waals surface area (Å²) >= 11 is 15.1. The molecule has 0 spiro atoms. The first kappa shape index (κ1) is 15.6. The lowest BCUT2D eigenvalue weighted by atomic mass is 10.2. The lowest BCUT2D eigenvalue weighted by Gasteiger charge is -2.09. The maximum Gasteiger partial charge on any atom is 0.184 e. The molecule has 106 valence electrons. The molecule has 7 heteroatoms. The molecule has 20 heavy (non-hydrogen) atoms. The summed E-state index contributed by atoms with van der Waals surface area (Å²) in [6, 6.07) is 9.41. The summed E-state index contributed by atoms with van der Waals surface area (Å²) in [5.41, 5.74) is 6.38. The van der Waals surface area contributed by atoms with Crippen molar-refractivity contribution in [3.05, 3.63) is 56.5 Å². The van der Waals surface area contributed by atoms with Crippen LogP contribution in [0.4, 0.5) is 5.69 Å². The second-order valence-electron chi connectivity index (χ2n) is 4.18. The lowest BCUT2D eigenvalue weighted by Crippen LogP contribution is -2.08. The molecule has 2 rings (SSSR count). The molecule has 0 amide bonds. The Hall–Kier alpha value is -0.750. The largest absolute Gasteiger partial charge is 0.398 e. The zero-order valence-electron chi connectivity index (χ0n) is 10.1. The Morgan fingerprint density at radius 3 is 2.50 bits per heavy atom. The number of sulfone groups is 1. The van der Waals surface area contributed by atoms with E-state index >= 15 is 0 Å². The molecule has 0 saturated heterocycles.